The molecule has 1 aromatic heterocycles. The number of nitrogens with zero attached hydrogens (tertiary/aromatic N) is 2. The first kappa shape index (κ1) is 14.4. The predicted octanol–water partition coefficient (Wildman–Crippen LogP) is 3.65. The number of aromatic nitrogens is 2. The van der Waals surface area contributed by atoms with Crippen molar-refractivity contribution in [2.45, 2.75) is 26.3 Å². The lowest BCUT2D eigenvalue weighted by molar-refractivity contribution is -0.671. The lowest BCUT2D eigenvalue weighted by Crippen LogP contribution is -2.23. The third-order valence-electron chi connectivity index (χ3n) is 1.59. The number of hydrogen-bond donors (Lipinski definition) is 0. The molecule has 0 unspecified atom stereocenters. The molecule has 0 aliphatic carbocycles. The third-order valence-corrected chi connectivity index (χ3v) is 1.59. The van der Waals surface area contributed by atoms with E-state index in [1.54, 1.807) is 0 Å². The number of halogens is 4. The lowest BCUT2D eigenvalue weighted by Gasteiger charge is -1.90. The maximum atomic E-state index is 9.80. The van der Waals surface area contributed by atoms with E-state index < -0.39 is 8.51 Å². The van der Waals surface area contributed by atoms with Crippen molar-refractivity contribution in [1.82, 2.24) is 4.57 Å². The second kappa shape index (κ2) is 6.77. The highest BCUT2D eigenvalue weighted by Crippen LogP contribution is 2.65. The normalized spacial score (nSPS) is 10.8. The molecule has 1 aromatic rings. The Morgan fingerprint density at radius 1 is 1.27 bits per heavy atom. The fourth-order valence-corrected chi connectivity index (χ4v) is 0.975. The minimum absolute atomic E-state index is 1.15. The van der Waals surface area contributed by atoms with Gasteiger partial charge in [-0.2, -0.15) is 0 Å². The molecule has 0 bridgehead atoms. The largest absolute Gasteiger partial charge is 0.755 e. The van der Waals surface area contributed by atoms with E-state index in [1.165, 1.54) is 12.8 Å². The molecule has 0 spiro atoms. The highest BCUT2D eigenvalue weighted by Gasteiger charge is 2.44. The van der Waals surface area contributed by atoms with Crippen molar-refractivity contribution in [2.24, 2.45) is 7.05 Å². The number of unbranched alkanes of at least 4 members (excludes halogenated alkanes) is 1. The van der Waals surface area contributed by atoms with Gasteiger partial charge >= 0.3 is 8.51 Å². The van der Waals surface area contributed by atoms with E-state index >= 15 is 0 Å². The van der Waals surface area contributed by atoms with Gasteiger partial charge in [-0.25, -0.2) is 9.13 Å². The molecule has 15 heavy (non-hydrogen) atoms. The van der Waals surface area contributed by atoms with Gasteiger partial charge in [-0.15, -0.1) is 0 Å². The Hall–Kier alpha value is -0.640. The fraction of sp³-hybridized carbons (Fsp3) is 0.625. The summed E-state index contributed by atoms with van der Waals surface area (Å²) in [5.41, 5.74) is 0. The van der Waals surface area contributed by atoms with Crippen LogP contribution in [0.15, 0.2) is 18.7 Å². The van der Waals surface area contributed by atoms with Gasteiger partial charge in [0.25, 0.3) is 0 Å². The van der Waals surface area contributed by atoms with Crippen LogP contribution in [0.4, 0.5) is 16.8 Å². The summed E-state index contributed by atoms with van der Waals surface area (Å²) in [6.45, 7) is 3.36. The zero-order chi connectivity index (χ0) is 11.9. The van der Waals surface area contributed by atoms with Crippen LogP contribution in [0, 0.1) is 0 Å². The molecule has 0 atom stereocenters. The second-order valence-corrected chi connectivity index (χ2v) is 3.82. The van der Waals surface area contributed by atoms with Crippen LogP contribution in [0.2, 0.25) is 0 Å². The van der Waals surface area contributed by atoms with Gasteiger partial charge < -0.3 is 0 Å². The predicted molar refractivity (Wildman–Crippen MR) is 51.9 cm³/mol. The van der Waals surface area contributed by atoms with Crippen LogP contribution < -0.4 is 4.57 Å². The minimum atomic E-state index is -6.39. The highest BCUT2D eigenvalue weighted by molar-refractivity contribution is 7.54. The molecule has 1 rings (SSSR count). The van der Waals surface area contributed by atoms with Crippen molar-refractivity contribution in [3.63, 3.8) is 0 Å². The number of rotatable bonds is 3. The molecule has 0 saturated heterocycles. The van der Waals surface area contributed by atoms with E-state index in [0.29, 0.717) is 0 Å². The summed E-state index contributed by atoms with van der Waals surface area (Å²) in [6.07, 6.45) is 8.82. The van der Waals surface area contributed by atoms with Crippen LogP contribution in [0.3, 0.4) is 0 Å². The smallest absolute Gasteiger partial charge is 0.240 e. The molecule has 2 nitrogen and oxygen atoms in total. The Bertz CT molecular complexity index is 266. The van der Waals surface area contributed by atoms with E-state index in [0.717, 1.165) is 6.54 Å². The van der Waals surface area contributed by atoms with Gasteiger partial charge in [0.05, 0.1) is 30.4 Å². The van der Waals surface area contributed by atoms with E-state index in [9.17, 15) is 16.8 Å². The maximum Gasteiger partial charge on any atom is 0.755 e. The first-order chi connectivity index (χ1) is 6.83. The molecule has 0 aliphatic heterocycles. The van der Waals surface area contributed by atoms with Crippen molar-refractivity contribution < 1.29 is 21.4 Å². The fourth-order valence-electron chi connectivity index (χ4n) is 0.975. The summed E-state index contributed by atoms with van der Waals surface area (Å²) in [5.74, 6) is 0. The second-order valence-electron chi connectivity index (χ2n) is 3.05. The van der Waals surface area contributed by atoms with Crippen molar-refractivity contribution in [3.8, 4) is 0 Å². The van der Waals surface area contributed by atoms with E-state index in [4.69, 9.17) is 0 Å². The van der Waals surface area contributed by atoms with Crippen molar-refractivity contribution in [1.29, 1.82) is 0 Å². The van der Waals surface area contributed by atoms with Crippen LogP contribution in [0.25, 0.3) is 0 Å². The van der Waals surface area contributed by atoms with Crippen LogP contribution >= 0.6 is 8.51 Å². The lowest BCUT2D eigenvalue weighted by atomic mass is 10.3. The van der Waals surface area contributed by atoms with Gasteiger partial charge in [-0.1, -0.05) is 13.3 Å². The van der Waals surface area contributed by atoms with Crippen LogP contribution in [0.5, 0.6) is 0 Å². The zero-order valence-electron chi connectivity index (χ0n) is 8.71. The molecule has 1 heterocycles. The van der Waals surface area contributed by atoms with Crippen molar-refractivity contribution in [2.75, 3.05) is 0 Å². The number of imidazole rings is 1. The van der Waals surface area contributed by atoms with Crippen LogP contribution in [-0.2, 0) is 13.6 Å². The molecule has 0 aromatic carbocycles. The minimum Gasteiger partial charge on any atom is -0.240 e. The van der Waals surface area contributed by atoms with E-state index in [-0.39, 0.29) is 0 Å². The molecular weight excluding hydrogens is 231 g/mol. The van der Waals surface area contributed by atoms with Gasteiger partial charge in [-0.05, 0) is 6.42 Å². The van der Waals surface area contributed by atoms with E-state index in [1.807, 2.05) is 7.05 Å². The quantitative estimate of drug-likeness (QED) is 0.437. The molecule has 0 saturated carbocycles. The van der Waals surface area contributed by atoms with Crippen molar-refractivity contribution in [3.05, 3.63) is 18.7 Å². The topological polar surface area (TPSA) is 8.81 Å². The molecular formula is C8H15F4N2P+2. The molecule has 0 amide bonds. The van der Waals surface area contributed by atoms with Crippen LogP contribution in [-0.4, -0.2) is 4.57 Å². The van der Waals surface area contributed by atoms with Gasteiger partial charge in [0.15, 0.2) is 0 Å². The highest BCUT2D eigenvalue weighted by atomic mass is 31.3. The zero-order valence-corrected chi connectivity index (χ0v) is 9.60. The van der Waals surface area contributed by atoms with Gasteiger partial charge in [-0.3, -0.25) is 0 Å². The standard InChI is InChI=1S/C8H15N2.F4P/c1-3-4-5-10-7-6-9(2)8-10;1-5(2,3)4/h6-8H,3-5H2,1-2H3;/q2*+1. The summed E-state index contributed by atoms with van der Waals surface area (Å²) in [7, 11) is -4.34. The number of hydrogen-bond acceptors (Lipinski definition) is 0. The monoisotopic (exact) mass is 246 g/mol. The average molecular weight is 246 g/mol. The molecule has 7 heteroatoms. The summed E-state index contributed by atoms with van der Waals surface area (Å²) in [5, 5.41) is 0. The van der Waals surface area contributed by atoms with Crippen molar-refractivity contribution >= 4 is 8.51 Å². The molecule has 0 N–H and O–H groups in total. The Morgan fingerprint density at radius 3 is 2.13 bits per heavy atom. The summed E-state index contributed by atoms with van der Waals surface area (Å²) < 4.78 is 43.5. The van der Waals surface area contributed by atoms with Gasteiger partial charge in [0.2, 0.25) is 6.33 Å². The van der Waals surface area contributed by atoms with E-state index in [2.05, 4.69) is 34.8 Å². The van der Waals surface area contributed by atoms with Crippen LogP contribution in [0.1, 0.15) is 19.8 Å². The Kier molecular flexibility index (Phi) is 6.48. The molecule has 0 radical (unpaired) electrons. The molecule has 88 valence electrons. The first-order valence-electron chi connectivity index (χ1n) is 4.51. The third kappa shape index (κ3) is 11.3. The summed E-state index contributed by atoms with van der Waals surface area (Å²) in [4.78, 5) is 0. The Morgan fingerprint density at radius 2 is 1.80 bits per heavy atom. The molecule has 0 aliphatic rings. The SMILES string of the molecule is CCCCn1cc[n+](C)c1.F[P+](F)(F)F. The average Bonchev–Trinajstić information content (AvgIpc) is 2.45. The molecule has 0 fully saturated rings. The summed E-state index contributed by atoms with van der Waals surface area (Å²) >= 11 is 0. The Balaban J connectivity index is 0.000000336. The van der Waals surface area contributed by atoms with Gasteiger partial charge in [0, 0.05) is 0 Å². The number of aryl methyl sites for hydroxylation is 2. The van der Waals surface area contributed by atoms with Gasteiger partial charge in [0.1, 0.15) is 12.4 Å². The summed E-state index contributed by atoms with van der Waals surface area (Å²) in [6, 6.07) is 0. The Labute approximate surface area is 87.3 Å². The maximum absolute atomic E-state index is 9.80. The first-order valence-corrected chi connectivity index (χ1v) is 5.87.